The van der Waals surface area contributed by atoms with Crippen molar-refractivity contribution in [2.45, 2.75) is 37.7 Å². The molecule has 41 heavy (non-hydrogen) atoms. The smallest absolute Gasteiger partial charge is 0.387 e. The Hall–Kier alpha value is -2.16. The van der Waals surface area contributed by atoms with Crippen molar-refractivity contribution < 1.29 is 32.5 Å². The topological polar surface area (TPSA) is 243 Å². The number of aromatic nitrogens is 8. The lowest BCUT2D eigenvalue weighted by molar-refractivity contribution is -0.0453. The van der Waals surface area contributed by atoms with Crippen molar-refractivity contribution in [2.24, 2.45) is 0 Å². The standard InChI is InChI=1S/C18H22N10O8P2S3/c19-13-9-14(22-5-21-13)28(6-23-9)17-12-11(29)7(35-17)3-34-38(40,41)32-2-1-27-8(4-33-37(31,39)36-12)24-10-15(27)25-18(20)26-16(10)30/h5-7,11-12,17,29H,1-4H2,(H,31,39)(H,40,41)(H2,19,21,22)(H3,20,25,26,30)/t7-,11-,12-,17-,37?/m1/s1. The molecule has 0 radical (unpaired) electrons. The number of nitrogens with zero attached hydrogens (tertiary/aromatic N) is 7. The van der Waals surface area contributed by atoms with E-state index in [2.05, 4.69) is 54.4 Å². The average Bonchev–Trinajstić information content (AvgIpc) is 3.56. The minimum atomic E-state index is -4.23. The van der Waals surface area contributed by atoms with Crippen molar-refractivity contribution in [3.05, 3.63) is 28.8 Å². The van der Waals surface area contributed by atoms with Gasteiger partial charge in [-0.15, -0.1) is 0 Å². The van der Waals surface area contributed by atoms with Gasteiger partial charge in [-0.3, -0.25) is 23.4 Å². The molecule has 6 N–H and O–H groups in total. The molecule has 2 bridgehead atoms. The van der Waals surface area contributed by atoms with Gasteiger partial charge >= 0.3 is 6.80 Å². The van der Waals surface area contributed by atoms with Crippen LogP contribution in [0.3, 0.4) is 0 Å². The van der Waals surface area contributed by atoms with Crippen molar-refractivity contribution in [1.82, 2.24) is 39.0 Å². The van der Waals surface area contributed by atoms with Gasteiger partial charge in [0.25, 0.3) is 5.56 Å². The monoisotopic (exact) mass is 664 g/mol. The molecule has 220 valence electrons. The van der Waals surface area contributed by atoms with Crippen LogP contribution in [0, 0.1) is 0 Å². The first-order valence-electron chi connectivity index (χ1n) is 11.7. The molecular weight excluding hydrogens is 642 g/mol. The minimum absolute atomic E-state index is 0.0360. The van der Waals surface area contributed by atoms with Gasteiger partial charge in [-0.1, -0.05) is 24.5 Å². The highest BCUT2D eigenvalue weighted by Crippen LogP contribution is 2.58. The summed E-state index contributed by atoms with van der Waals surface area (Å²) < 4.78 is 45.2. The number of H-pyrrole nitrogens is 1. The number of aliphatic hydroxyl groups excluding tert-OH is 1. The number of thiol groups is 2. The van der Waals surface area contributed by atoms with E-state index in [1.165, 1.54) is 21.8 Å². The highest BCUT2D eigenvalue weighted by Gasteiger charge is 2.49. The Morgan fingerprint density at radius 1 is 1.12 bits per heavy atom. The Morgan fingerprint density at radius 2 is 1.93 bits per heavy atom. The summed E-state index contributed by atoms with van der Waals surface area (Å²) >= 11 is 13.9. The predicted molar refractivity (Wildman–Crippen MR) is 154 cm³/mol. The summed E-state index contributed by atoms with van der Waals surface area (Å²) in [6.45, 7) is -4.88. The summed E-state index contributed by atoms with van der Waals surface area (Å²) in [4.78, 5) is 35.6. The molecule has 0 saturated carbocycles. The molecule has 0 amide bonds. The van der Waals surface area contributed by atoms with Crippen LogP contribution in [0.5, 0.6) is 0 Å². The van der Waals surface area contributed by atoms with E-state index in [1.807, 2.05) is 0 Å². The van der Waals surface area contributed by atoms with E-state index >= 15 is 0 Å². The van der Waals surface area contributed by atoms with Crippen LogP contribution >= 0.6 is 37.0 Å². The quantitative estimate of drug-likeness (QED) is 0.120. The molecule has 1 saturated heterocycles. The van der Waals surface area contributed by atoms with Gasteiger partial charge in [-0.05, 0) is 11.8 Å². The minimum Gasteiger partial charge on any atom is -0.387 e. The maximum Gasteiger partial charge on any atom is 0.387 e. The van der Waals surface area contributed by atoms with Crippen LogP contribution in [0.25, 0.3) is 22.3 Å². The molecule has 2 unspecified atom stereocenters. The van der Waals surface area contributed by atoms with Crippen molar-refractivity contribution in [3.8, 4) is 0 Å². The van der Waals surface area contributed by atoms with Crippen molar-refractivity contribution >= 4 is 82.9 Å². The third-order valence-electron chi connectivity index (χ3n) is 6.26. The Morgan fingerprint density at radius 3 is 2.73 bits per heavy atom. The largest absolute Gasteiger partial charge is 0.387 e. The van der Waals surface area contributed by atoms with Crippen molar-refractivity contribution in [3.63, 3.8) is 0 Å². The molecule has 0 spiro atoms. The van der Waals surface area contributed by atoms with Gasteiger partial charge in [0, 0.05) is 6.54 Å². The maximum atomic E-state index is 13.5. The van der Waals surface area contributed by atoms with Crippen LogP contribution in [-0.2, 0) is 52.4 Å². The Balaban J connectivity index is 1.38. The van der Waals surface area contributed by atoms with Crippen LogP contribution in [0.4, 0.5) is 11.8 Å². The van der Waals surface area contributed by atoms with Gasteiger partial charge in [0.2, 0.25) is 11.6 Å². The average molecular weight is 665 g/mol. The van der Waals surface area contributed by atoms with Gasteiger partial charge in [0.15, 0.2) is 28.9 Å². The molecule has 6 heterocycles. The molecule has 6 rings (SSSR count). The third kappa shape index (κ3) is 5.64. The lowest BCUT2D eigenvalue weighted by Gasteiger charge is -2.24. The number of hydrogen-bond acceptors (Lipinski definition) is 16. The van der Waals surface area contributed by atoms with Gasteiger partial charge in [0.1, 0.15) is 42.6 Å². The number of hydrogen-bond donors (Lipinski definition) is 6. The summed E-state index contributed by atoms with van der Waals surface area (Å²) in [5, 5.41) is 11.2. The normalized spacial score (nSPS) is 31.6. The van der Waals surface area contributed by atoms with E-state index < -0.39 is 49.2 Å². The van der Waals surface area contributed by atoms with Crippen molar-refractivity contribution in [1.29, 1.82) is 0 Å². The molecule has 4 aromatic heterocycles. The number of anilines is 2. The number of aromatic amines is 1. The number of aliphatic hydroxyl groups is 1. The Kier molecular flexibility index (Phi) is 7.65. The number of imidazole rings is 2. The zero-order chi connectivity index (χ0) is 29.1. The predicted octanol–water partition coefficient (Wildman–Crippen LogP) is 0.523. The third-order valence-corrected chi connectivity index (χ3v) is 10.2. The van der Waals surface area contributed by atoms with E-state index in [-0.39, 0.29) is 59.7 Å². The number of nitrogen functional groups attached to an aromatic ring is 2. The maximum absolute atomic E-state index is 13.5. The molecular formula is C18H22N10O8P2S3. The van der Waals surface area contributed by atoms with Crippen LogP contribution in [0.15, 0.2) is 17.4 Å². The van der Waals surface area contributed by atoms with E-state index in [9.17, 15) is 14.5 Å². The second-order valence-electron chi connectivity index (χ2n) is 8.85. The fourth-order valence-electron chi connectivity index (χ4n) is 4.44. The number of rotatable bonds is 1. The van der Waals surface area contributed by atoms with Gasteiger partial charge < -0.3 is 34.9 Å². The number of nitrogens with two attached hydrogens (primary N) is 2. The molecule has 1 fully saturated rings. The number of fused-ring (bicyclic) bond motifs is 6. The van der Waals surface area contributed by atoms with Crippen molar-refractivity contribution in [2.75, 3.05) is 24.7 Å². The second-order valence-corrected chi connectivity index (χ2v) is 17.0. The lowest BCUT2D eigenvalue weighted by Crippen LogP contribution is -2.35. The highest BCUT2D eigenvalue weighted by atomic mass is 32.9. The summed E-state index contributed by atoms with van der Waals surface area (Å²) in [5.41, 5.74) is 8.53. The van der Waals surface area contributed by atoms with Crippen LogP contribution in [-0.4, -0.2) is 75.7 Å². The molecule has 4 aromatic rings. The molecule has 2 aliphatic heterocycles. The SMILES string of the molecule is Nc1nc2c(nc3n2CCOP(=S)(S)OC[C@H]2O[C@@H](n4cnc5c(N)ncnc54)[C@H](OP(=O)(S)OC3)[C@@H]2O)c(=O)[nH]1. The zero-order valence-corrected chi connectivity index (χ0v) is 25.0. The first kappa shape index (κ1) is 28.9. The molecule has 0 aromatic carbocycles. The van der Waals surface area contributed by atoms with Crippen LogP contribution in [0.1, 0.15) is 12.1 Å². The van der Waals surface area contributed by atoms with Crippen LogP contribution < -0.4 is 17.0 Å². The van der Waals surface area contributed by atoms with Crippen LogP contribution in [0.2, 0.25) is 0 Å². The Labute approximate surface area is 245 Å². The van der Waals surface area contributed by atoms with Gasteiger partial charge in [-0.25, -0.2) is 24.5 Å². The lowest BCUT2D eigenvalue weighted by atomic mass is 10.1. The summed E-state index contributed by atoms with van der Waals surface area (Å²) in [6.07, 6.45) is -2.31. The molecule has 18 nitrogen and oxygen atoms in total. The summed E-state index contributed by atoms with van der Waals surface area (Å²) in [7, 11) is 0. The summed E-state index contributed by atoms with van der Waals surface area (Å²) in [5.74, 6) is 0.121. The molecule has 6 atom stereocenters. The van der Waals surface area contributed by atoms with Gasteiger partial charge in [0.05, 0.1) is 19.5 Å². The molecule has 23 heteroatoms. The second kappa shape index (κ2) is 10.8. The molecule has 2 aliphatic rings. The van der Waals surface area contributed by atoms with E-state index in [0.29, 0.717) is 0 Å². The summed E-state index contributed by atoms with van der Waals surface area (Å²) in [6, 6.07) is 0. The Bertz CT molecular complexity index is 1800. The van der Waals surface area contributed by atoms with E-state index in [0.717, 1.165) is 0 Å². The number of ether oxygens (including phenoxy) is 1. The highest BCUT2D eigenvalue weighted by molar-refractivity contribution is 8.60. The first-order valence-corrected chi connectivity index (χ1v) is 18.2. The van der Waals surface area contributed by atoms with E-state index in [1.54, 1.807) is 0 Å². The molecule has 0 aliphatic carbocycles. The van der Waals surface area contributed by atoms with Gasteiger partial charge in [-0.2, -0.15) is 4.98 Å². The van der Waals surface area contributed by atoms with E-state index in [4.69, 9.17) is 46.1 Å². The number of nitrogens with one attached hydrogen (secondary N) is 1. The zero-order valence-electron chi connectivity index (χ0n) is 20.6. The fraction of sp³-hybridized carbons (Fsp3) is 0.444. The fourth-order valence-corrected chi connectivity index (χ4v) is 7.39. The first-order chi connectivity index (χ1) is 19.4.